The molecule has 21 heavy (non-hydrogen) atoms. The summed E-state index contributed by atoms with van der Waals surface area (Å²) >= 11 is 0. The van der Waals surface area contributed by atoms with Crippen LogP contribution in [0.4, 0.5) is 0 Å². The van der Waals surface area contributed by atoms with Crippen molar-refractivity contribution < 1.29 is 14.3 Å². The van der Waals surface area contributed by atoms with Crippen molar-refractivity contribution in [3.8, 4) is 16.9 Å². The van der Waals surface area contributed by atoms with Gasteiger partial charge in [0.05, 0.1) is 7.11 Å². The molecule has 0 amide bonds. The van der Waals surface area contributed by atoms with Gasteiger partial charge in [-0.2, -0.15) is 0 Å². The summed E-state index contributed by atoms with van der Waals surface area (Å²) < 4.78 is 10.2. The summed E-state index contributed by atoms with van der Waals surface area (Å²) in [6.45, 7) is 3.81. The lowest BCUT2D eigenvalue weighted by Crippen LogP contribution is -2.24. The number of benzene rings is 2. The van der Waals surface area contributed by atoms with Gasteiger partial charge in [0, 0.05) is 0 Å². The predicted molar refractivity (Wildman–Crippen MR) is 83.4 cm³/mol. The second-order valence-corrected chi connectivity index (χ2v) is 4.86. The molecule has 3 heteroatoms. The molecule has 0 N–H and O–H groups in total. The van der Waals surface area contributed by atoms with Gasteiger partial charge in [-0.1, -0.05) is 43.3 Å². The highest BCUT2D eigenvalue weighted by molar-refractivity contribution is 5.74. The molecule has 0 heterocycles. The van der Waals surface area contributed by atoms with E-state index in [-0.39, 0.29) is 5.97 Å². The molecule has 0 bridgehead atoms. The number of esters is 1. The summed E-state index contributed by atoms with van der Waals surface area (Å²) in [5.74, 6) is 0.276. The van der Waals surface area contributed by atoms with Crippen LogP contribution in [-0.4, -0.2) is 19.2 Å². The highest BCUT2D eigenvalue weighted by Gasteiger charge is 2.14. The minimum atomic E-state index is -0.607. The fourth-order valence-electron chi connectivity index (χ4n) is 2.11. The van der Waals surface area contributed by atoms with E-state index in [0.717, 1.165) is 12.0 Å². The third-order valence-corrected chi connectivity index (χ3v) is 3.37. The van der Waals surface area contributed by atoms with Crippen molar-refractivity contribution in [2.24, 2.45) is 0 Å². The molecule has 0 aliphatic rings. The van der Waals surface area contributed by atoms with Crippen molar-refractivity contribution in [2.75, 3.05) is 7.11 Å². The van der Waals surface area contributed by atoms with E-state index in [0.29, 0.717) is 5.75 Å². The predicted octanol–water partition coefficient (Wildman–Crippen LogP) is 3.86. The van der Waals surface area contributed by atoms with Gasteiger partial charge < -0.3 is 9.47 Å². The minimum absolute atomic E-state index is 0.380. The molecule has 0 aliphatic heterocycles. The van der Waals surface area contributed by atoms with Gasteiger partial charge in [-0.05, 0) is 42.2 Å². The molecule has 1 unspecified atom stereocenters. The molecule has 2 aromatic carbocycles. The minimum Gasteiger partial charge on any atom is -0.479 e. The second-order valence-electron chi connectivity index (χ2n) is 4.86. The number of hydrogen-bond donors (Lipinski definition) is 0. The van der Waals surface area contributed by atoms with Crippen LogP contribution in [0, 0.1) is 0 Å². The lowest BCUT2D eigenvalue weighted by atomic mass is 10.0. The van der Waals surface area contributed by atoms with Gasteiger partial charge in [0.1, 0.15) is 5.75 Å². The van der Waals surface area contributed by atoms with Crippen LogP contribution in [0.15, 0.2) is 48.5 Å². The average Bonchev–Trinajstić information content (AvgIpc) is 2.54. The summed E-state index contributed by atoms with van der Waals surface area (Å²) in [4.78, 5) is 11.3. The Bertz CT molecular complexity index is 602. The normalized spacial score (nSPS) is 11.8. The third-order valence-electron chi connectivity index (χ3n) is 3.37. The lowest BCUT2D eigenvalue weighted by molar-refractivity contribution is -0.147. The van der Waals surface area contributed by atoms with Crippen LogP contribution in [0.25, 0.3) is 11.1 Å². The van der Waals surface area contributed by atoms with Crippen molar-refractivity contribution in [1.82, 2.24) is 0 Å². The first kappa shape index (κ1) is 15.1. The summed E-state index contributed by atoms with van der Waals surface area (Å²) in [5.41, 5.74) is 3.62. The highest BCUT2D eigenvalue weighted by Crippen LogP contribution is 2.24. The fourth-order valence-corrected chi connectivity index (χ4v) is 2.11. The van der Waals surface area contributed by atoms with Crippen LogP contribution in [-0.2, 0) is 16.0 Å². The van der Waals surface area contributed by atoms with Crippen molar-refractivity contribution in [3.05, 3.63) is 54.1 Å². The van der Waals surface area contributed by atoms with E-state index in [1.54, 1.807) is 6.92 Å². The Kier molecular flexibility index (Phi) is 4.99. The highest BCUT2D eigenvalue weighted by atomic mass is 16.6. The van der Waals surface area contributed by atoms with E-state index in [4.69, 9.17) is 4.74 Å². The Balaban J connectivity index is 2.13. The number of methoxy groups -OCH3 is 1. The first-order valence-corrected chi connectivity index (χ1v) is 7.08. The van der Waals surface area contributed by atoms with Gasteiger partial charge in [0.15, 0.2) is 6.10 Å². The first-order valence-electron chi connectivity index (χ1n) is 7.08. The topological polar surface area (TPSA) is 35.5 Å². The Labute approximate surface area is 125 Å². The van der Waals surface area contributed by atoms with Crippen LogP contribution >= 0.6 is 0 Å². The molecule has 0 saturated heterocycles. The van der Waals surface area contributed by atoms with E-state index in [1.807, 2.05) is 24.3 Å². The Morgan fingerprint density at radius 1 is 1.10 bits per heavy atom. The van der Waals surface area contributed by atoms with Crippen molar-refractivity contribution in [2.45, 2.75) is 26.4 Å². The summed E-state index contributed by atoms with van der Waals surface area (Å²) in [6.07, 6.45) is 0.412. The number of ether oxygens (including phenoxy) is 2. The SMILES string of the molecule is CCc1cccc(-c2ccc(OC(C)C(=O)OC)cc2)c1. The smallest absolute Gasteiger partial charge is 0.346 e. The van der Waals surface area contributed by atoms with Gasteiger partial charge >= 0.3 is 5.97 Å². The number of rotatable bonds is 5. The van der Waals surface area contributed by atoms with E-state index in [9.17, 15) is 4.79 Å². The standard InChI is InChI=1S/C18H20O3/c1-4-14-6-5-7-16(12-14)15-8-10-17(11-9-15)21-13(2)18(19)20-3/h5-13H,4H2,1-3H3. The monoisotopic (exact) mass is 284 g/mol. The third kappa shape index (κ3) is 3.85. The molecule has 2 rings (SSSR count). The molecular formula is C18H20O3. The van der Waals surface area contributed by atoms with Crippen LogP contribution < -0.4 is 4.74 Å². The fraction of sp³-hybridized carbons (Fsp3) is 0.278. The second kappa shape index (κ2) is 6.93. The van der Waals surface area contributed by atoms with Gasteiger partial charge in [-0.3, -0.25) is 0 Å². The number of aryl methyl sites for hydroxylation is 1. The van der Waals surface area contributed by atoms with Crippen LogP contribution in [0.3, 0.4) is 0 Å². The van der Waals surface area contributed by atoms with Gasteiger partial charge in [0.25, 0.3) is 0 Å². The van der Waals surface area contributed by atoms with Crippen LogP contribution in [0.1, 0.15) is 19.4 Å². The molecule has 0 radical (unpaired) electrons. The van der Waals surface area contributed by atoms with Crippen molar-refractivity contribution in [3.63, 3.8) is 0 Å². The zero-order chi connectivity index (χ0) is 15.2. The molecule has 2 aromatic rings. The maximum atomic E-state index is 11.3. The molecule has 0 aliphatic carbocycles. The number of carbonyl (C=O) groups is 1. The quantitative estimate of drug-likeness (QED) is 0.782. The summed E-state index contributed by atoms with van der Waals surface area (Å²) in [5, 5.41) is 0. The largest absolute Gasteiger partial charge is 0.479 e. The van der Waals surface area contributed by atoms with Gasteiger partial charge in [-0.15, -0.1) is 0 Å². The Morgan fingerprint density at radius 3 is 2.43 bits per heavy atom. The molecule has 0 spiro atoms. The van der Waals surface area contributed by atoms with Crippen molar-refractivity contribution >= 4 is 5.97 Å². The maximum absolute atomic E-state index is 11.3. The molecule has 3 nitrogen and oxygen atoms in total. The van der Waals surface area contributed by atoms with Crippen molar-refractivity contribution in [1.29, 1.82) is 0 Å². The zero-order valence-electron chi connectivity index (χ0n) is 12.6. The lowest BCUT2D eigenvalue weighted by Gasteiger charge is -2.12. The van der Waals surface area contributed by atoms with Crippen LogP contribution in [0.2, 0.25) is 0 Å². The van der Waals surface area contributed by atoms with E-state index in [2.05, 4.69) is 35.9 Å². The Morgan fingerprint density at radius 2 is 1.81 bits per heavy atom. The van der Waals surface area contributed by atoms with Crippen LogP contribution in [0.5, 0.6) is 5.75 Å². The van der Waals surface area contributed by atoms with E-state index >= 15 is 0 Å². The maximum Gasteiger partial charge on any atom is 0.346 e. The molecular weight excluding hydrogens is 264 g/mol. The number of carbonyl (C=O) groups excluding carboxylic acids is 1. The molecule has 1 atom stereocenters. The zero-order valence-corrected chi connectivity index (χ0v) is 12.6. The summed E-state index contributed by atoms with van der Waals surface area (Å²) in [7, 11) is 1.35. The first-order chi connectivity index (χ1) is 10.1. The van der Waals surface area contributed by atoms with Gasteiger partial charge in [-0.25, -0.2) is 4.79 Å². The Hall–Kier alpha value is -2.29. The molecule has 110 valence electrons. The van der Waals surface area contributed by atoms with E-state index in [1.165, 1.54) is 18.2 Å². The molecule has 0 aromatic heterocycles. The molecule has 0 fully saturated rings. The summed E-state index contributed by atoms with van der Waals surface area (Å²) in [6, 6.07) is 16.2. The number of hydrogen-bond acceptors (Lipinski definition) is 3. The van der Waals surface area contributed by atoms with E-state index < -0.39 is 6.10 Å². The van der Waals surface area contributed by atoms with Gasteiger partial charge in [0.2, 0.25) is 0 Å². The average molecular weight is 284 g/mol. The molecule has 0 saturated carbocycles.